The van der Waals surface area contributed by atoms with Crippen molar-refractivity contribution in [2.45, 2.75) is 6.92 Å². The van der Waals surface area contributed by atoms with Gasteiger partial charge in [0.15, 0.2) is 11.5 Å². The smallest absolute Gasteiger partial charge is 0.349 e. The zero-order chi connectivity index (χ0) is 12.0. The molecule has 0 atom stereocenters. The van der Waals surface area contributed by atoms with Crippen LogP contribution in [-0.2, 0) is 0 Å². The highest BCUT2D eigenvalue weighted by molar-refractivity contribution is 5.43. The van der Waals surface area contributed by atoms with Gasteiger partial charge in [-0.25, -0.2) is 28.9 Å². The molecule has 0 aliphatic carbocycles. The average Bonchev–Trinajstić information content (AvgIpc) is 2.86. The number of hydrogen-bond acceptors (Lipinski definition) is 6. The van der Waals surface area contributed by atoms with E-state index in [4.69, 9.17) is 5.73 Å². The summed E-state index contributed by atoms with van der Waals surface area (Å²) in [5, 5.41) is 10.1. The van der Waals surface area contributed by atoms with Crippen LogP contribution in [0.3, 0.4) is 0 Å². The molecule has 3 aromatic rings. The molecular formula is C8H8N8O. The van der Waals surface area contributed by atoms with E-state index < -0.39 is 0 Å². The van der Waals surface area contributed by atoms with E-state index in [1.165, 1.54) is 15.4 Å². The molecule has 3 rings (SSSR count). The van der Waals surface area contributed by atoms with Gasteiger partial charge in [-0.2, -0.15) is 5.10 Å². The van der Waals surface area contributed by atoms with Gasteiger partial charge in [0.05, 0.1) is 0 Å². The molecule has 0 fully saturated rings. The van der Waals surface area contributed by atoms with Gasteiger partial charge in [0.2, 0.25) is 5.95 Å². The molecule has 0 saturated carbocycles. The summed E-state index contributed by atoms with van der Waals surface area (Å²) in [7, 11) is 0. The van der Waals surface area contributed by atoms with Crippen molar-refractivity contribution in [3.8, 4) is 5.82 Å². The van der Waals surface area contributed by atoms with E-state index in [0.717, 1.165) is 0 Å². The van der Waals surface area contributed by atoms with Crippen LogP contribution in [0.15, 0.2) is 17.2 Å². The van der Waals surface area contributed by atoms with Crippen molar-refractivity contribution in [2.24, 2.45) is 0 Å². The Morgan fingerprint density at radius 2 is 2.29 bits per heavy atom. The number of aromatic amines is 1. The predicted molar refractivity (Wildman–Crippen MR) is 57.7 cm³/mol. The lowest BCUT2D eigenvalue weighted by atomic mass is 10.5. The van der Waals surface area contributed by atoms with E-state index in [1.54, 1.807) is 13.0 Å². The molecule has 0 aromatic carbocycles. The SMILES string of the molecule is Cc1nc(-n2cnc(N)n2)cc2n[nH]c(=O)n12. The van der Waals surface area contributed by atoms with E-state index in [2.05, 4.69) is 25.3 Å². The average molecular weight is 232 g/mol. The highest BCUT2D eigenvalue weighted by Crippen LogP contribution is 2.07. The molecule has 0 spiro atoms. The van der Waals surface area contributed by atoms with Gasteiger partial charge in [-0.1, -0.05) is 0 Å². The minimum atomic E-state index is -0.324. The molecule has 9 nitrogen and oxygen atoms in total. The van der Waals surface area contributed by atoms with E-state index in [0.29, 0.717) is 17.3 Å². The fourth-order valence-electron chi connectivity index (χ4n) is 1.59. The van der Waals surface area contributed by atoms with Crippen molar-refractivity contribution in [1.82, 2.24) is 34.3 Å². The van der Waals surface area contributed by atoms with Crippen LogP contribution >= 0.6 is 0 Å². The van der Waals surface area contributed by atoms with Crippen LogP contribution in [0.5, 0.6) is 0 Å². The normalized spacial score (nSPS) is 11.1. The summed E-state index contributed by atoms with van der Waals surface area (Å²) in [4.78, 5) is 19.4. The Morgan fingerprint density at radius 3 is 3.00 bits per heavy atom. The highest BCUT2D eigenvalue weighted by Gasteiger charge is 2.09. The quantitative estimate of drug-likeness (QED) is 0.548. The van der Waals surface area contributed by atoms with Gasteiger partial charge in [0.25, 0.3) is 0 Å². The highest BCUT2D eigenvalue weighted by atomic mass is 16.1. The molecule has 0 unspecified atom stereocenters. The zero-order valence-electron chi connectivity index (χ0n) is 8.82. The van der Waals surface area contributed by atoms with Crippen LogP contribution in [-0.4, -0.2) is 34.3 Å². The largest absolute Gasteiger partial charge is 0.366 e. The van der Waals surface area contributed by atoms with Crippen LogP contribution in [0.25, 0.3) is 11.5 Å². The number of fused-ring (bicyclic) bond motifs is 1. The summed E-state index contributed by atoms with van der Waals surface area (Å²) in [6.45, 7) is 1.70. The van der Waals surface area contributed by atoms with Crippen molar-refractivity contribution < 1.29 is 0 Å². The maximum absolute atomic E-state index is 11.4. The number of nitrogen functional groups attached to an aromatic ring is 1. The maximum Gasteiger partial charge on any atom is 0.349 e. The molecular weight excluding hydrogens is 224 g/mol. The molecule has 9 heteroatoms. The molecule has 0 radical (unpaired) electrons. The zero-order valence-corrected chi connectivity index (χ0v) is 8.82. The first kappa shape index (κ1) is 9.51. The second kappa shape index (κ2) is 3.14. The first-order valence-electron chi connectivity index (χ1n) is 4.77. The van der Waals surface area contributed by atoms with Crippen molar-refractivity contribution in [2.75, 3.05) is 5.73 Å². The Bertz CT molecular complexity index is 750. The number of nitrogens with zero attached hydrogens (tertiary/aromatic N) is 6. The minimum absolute atomic E-state index is 0.156. The molecule has 0 amide bonds. The second-order valence-corrected chi connectivity index (χ2v) is 3.43. The number of aryl methyl sites for hydroxylation is 1. The maximum atomic E-state index is 11.4. The van der Waals surface area contributed by atoms with Gasteiger partial charge in [0, 0.05) is 6.07 Å². The summed E-state index contributed by atoms with van der Waals surface area (Å²) in [5.74, 6) is 1.16. The van der Waals surface area contributed by atoms with Gasteiger partial charge < -0.3 is 5.73 Å². The van der Waals surface area contributed by atoms with Gasteiger partial charge >= 0.3 is 5.69 Å². The van der Waals surface area contributed by atoms with Crippen LogP contribution < -0.4 is 11.4 Å². The van der Waals surface area contributed by atoms with Crippen molar-refractivity contribution in [1.29, 1.82) is 0 Å². The third-order valence-electron chi connectivity index (χ3n) is 2.30. The predicted octanol–water partition coefficient (Wildman–Crippen LogP) is -1.11. The number of hydrogen-bond donors (Lipinski definition) is 2. The molecule has 0 aliphatic heterocycles. The fourth-order valence-corrected chi connectivity index (χ4v) is 1.59. The molecule has 3 aromatic heterocycles. The molecule has 0 aliphatic rings. The topological polar surface area (TPSA) is 120 Å². The number of anilines is 1. The monoisotopic (exact) mass is 232 g/mol. The molecule has 17 heavy (non-hydrogen) atoms. The Kier molecular flexibility index (Phi) is 1.76. The Morgan fingerprint density at radius 1 is 1.47 bits per heavy atom. The third kappa shape index (κ3) is 1.36. The van der Waals surface area contributed by atoms with E-state index in [9.17, 15) is 4.79 Å². The number of H-pyrrole nitrogens is 1. The summed E-state index contributed by atoms with van der Waals surface area (Å²) in [6, 6.07) is 1.61. The summed E-state index contributed by atoms with van der Waals surface area (Å²) in [5.41, 5.74) is 5.56. The van der Waals surface area contributed by atoms with Crippen molar-refractivity contribution >= 4 is 11.6 Å². The summed E-state index contributed by atoms with van der Waals surface area (Å²) in [6.07, 6.45) is 1.44. The van der Waals surface area contributed by atoms with Crippen LogP contribution in [0.4, 0.5) is 5.95 Å². The standard InChI is InChI=1S/C8H8N8O/c1-4-11-5(15-3-10-7(9)14-15)2-6-12-13-8(17)16(4)6/h2-3H,1H3,(H2,9,14)(H,13,17). The molecule has 0 bridgehead atoms. The van der Waals surface area contributed by atoms with Crippen LogP contribution in [0.2, 0.25) is 0 Å². The van der Waals surface area contributed by atoms with E-state index in [-0.39, 0.29) is 11.6 Å². The lowest BCUT2D eigenvalue weighted by molar-refractivity contribution is 0.819. The number of nitrogens with two attached hydrogens (primary N) is 1. The lowest BCUT2D eigenvalue weighted by Gasteiger charge is -2.02. The summed E-state index contributed by atoms with van der Waals surface area (Å²) >= 11 is 0. The van der Waals surface area contributed by atoms with E-state index >= 15 is 0 Å². The first-order valence-corrected chi connectivity index (χ1v) is 4.77. The molecule has 86 valence electrons. The lowest BCUT2D eigenvalue weighted by Crippen LogP contribution is -2.14. The van der Waals surface area contributed by atoms with Crippen molar-refractivity contribution in [3.63, 3.8) is 0 Å². The van der Waals surface area contributed by atoms with Gasteiger partial charge in [-0.3, -0.25) is 0 Å². The van der Waals surface area contributed by atoms with Crippen molar-refractivity contribution in [3.05, 3.63) is 28.7 Å². The number of rotatable bonds is 1. The molecule has 3 heterocycles. The number of nitrogens with one attached hydrogen (secondary N) is 1. The Hall–Kier alpha value is -2.71. The Labute approximate surface area is 93.9 Å². The van der Waals surface area contributed by atoms with Gasteiger partial charge in [-0.05, 0) is 6.92 Å². The first-order chi connectivity index (χ1) is 8.15. The fraction of sp³-hybridized carbons (Fsp3) is 0.125. The number of aromatic nitrogens is 7. The van der Waals surface area contributed by atoms with E-state index in [1.807, 2.05) is 0 Å². The Balaban J connectivity index is 2.29. The van der Waals surface area contributed by atoms with Gasteiger partial charge in [-0.15, -0.1) is 5.10 Å². The van der Waals surface area contributed by atoms with Crippen LogP contribution in [0.1, 0.15) is 5.82 Å². The molecule has 3 N–H and O–H groups in total. The van der Waals surface area contributed by atoms with Gasteiger partial charge in [0.1, 0.15) is 12.2 Å². The summed E-state index contributed by atoms with van der Waals surface area (Å²) < 4.78 is 2.78. The molecule has 0 saturated heterocycles. The second-order valence-electron chi connectivity index (χ2n) is 3.43. The van der Waals surface area contributed by atoms with Crippen LogP contribution in [0, 0.1) is 6.92 Å². The third-order valence-corrected chi connectivity index (χ3v) is 2.30. The minimum Gasteiger partial charge on any atom is -0.366 e.